The van der Waals surface area contributed by atoms with Crippen molar-refractivity contribution >= 4 is 5.96 Å². The summed E-state index contributed by atoms with van der Waals surface area (Å²) >= 11 is 0. The first kappa shape index (κ1) is 8.72. The molecule has 0 amide bonds. The predicted octanol–water partition coefficient (Wildman–Crippen LogP) is -0.988. The minimum atomic E-state index is -0.226. The van der Waals surface area contributed by atoms with Gasteiger partial charge in [-0.15, -0.1) is 0 Å². The number of nitriles is 1. The van der Waals surface area contributed by atoms with Gasteiger partial charge in [-0.25, -0.2) is 4.90 Å². The van der Waals surface area contributed by atoms with Crippen molar-refractivity contribution < 1.29 is 0 Å². The molecule has 5 N–H and O–H groups in total. The van der Waals surface area contributed by atoms with Crippen molar-refractivity contribution in [3.63, 3.8) is 0 Å². The lowest BCUT2D eigenvalue weighted by molar-refractivity contribution is 0.544. The Balaban J connectivity index is 3.64. The van der Waals surface area contributed by atoms with E-state index in [4.69, 9.17) is 22.1 Å². The molecule has 0 bridgehead atoms. The molecule has 0 saturated heterocycles. The molecular formula is C5H11N5. The Hall–Kier alpha value is -1.28. The van der Waals surface area contributed by atoms with Crippen molar-refractivity contribution in [3.8, 4) is 6.19 Å². The third kappa shape index (κ3) is 2.89. The first-order chi connectivity index (χ1) is 4.72. The van der Waals surface area contributed by atoms with Crippen molar-refractivity contribution in [2.45, 2.75) is 6.42 Å². The van der Waals surface area contributed by atoms with Crippen molar-refractivity contribution in [2.24, 2.45) is 11.5 Å². The van der Waals surface area contributed by atoms with E-state index in [1.165, 1.54) is 0 Å². The Bertz CT molecular complexity index is 147. The topological polar surface area (TPSA) is 103 Å². The Morgan fingerprint density at radius 2 is 2.30 bits per heavy atom. The van der Waals surface area contributed by atoms with Gasteiger partial charge in [-0.05, 0) is 13.0 Å². The molecule has 0 aromatic heterocycles. The van der Waals surface area contributed by atoms with E-state index in [9.17, 15) is 0 Å². The van der Waals surface area contributed by atoms with Crippen LogP contribution in [-0.2, 0) is 0 Å². The molecule has 0 aliphatic heterocycles. The van der Waals surface area contributed by atoms with Crippen LogP contribution in [0, 0.1) is 16.9 Å². The van der Waals surface area contributed by atoms with Gasteiger partial charge in [-0.2, -0.15) is 5.26 Å². The summed E-state index contributed by atoms with van der Waals surface area (Å²) in [4.78, 5) is 1.09. The molecule has 0 heterocycles. The lowest BCUT2D eigenvalue weighted by atomic mass is 10.4. The van der Waals surface area contributed by atoms with E-state index in [1.54, 1.807) is 6.19 Å². The van der Waals surface area contributed by atoms with E-state index in [0.717, 1.165) is 4.90 Å². The molecule has 0 fully saturated rings. The summed E-state index contributed by atoms with van der Waals surface area (Å²) in [5.74, 6) is -0.226. The van der Waals surface area contributed by atoms with Crippen LogP contribution in [0.5, 0.6) is 0 Å². The molecule has 10 heavy (non-hydrogen) atoms. The van der Waals surface area contributed by atoms with Crippen LogP contribution >= 0.6 is 0 Å². The van der Waals surface area contributed by atoms with Crippen molar-refractivity contribution in [3.05, 3.63) is 0 Å². The predicted molar refractivity (Wildman–Crippen MR) is 37.9 cm³/mol. The van der Waals surface area contributed by atoms with Gasteiger partial charge in [-0.1, -0.05) is 0 Å². The van der Waals surface area contributed by atoms with Crippen molar-refractivity contribution in [2.75, 3.05) is 13.1 Å². The van der Waals surface area contributed by atoms with Gasteiger partial charge in [0.15, 0.2) is 6.19 Å². The van der Waals surface area contributed by atoms with E-state index in [1.807, 2.05) is 0 Å². The third-order valence-electron chi connectivity index (χ3n) is 0.997. The maximum absolute atomic E-state index is 8.34. The van der Waals surface area contributed by atoms with Gasteiger partial charge in [0.05, 0.1) is 0 Å². The zero-order valence-electron chi connectivity index (χ0n) is 5.67. The van der Waals surface area contributed by atoms with E-state index in [2.05, 4.69) is 0 Å². The molecule has 5 nitrogen and oxygen atoms in total. The molecule has 0 saturated carbocycles. The summed E-state index contributed by atoms with van der Waals surface area (Å²) < 4.78 is 0. The number of hydrogen-bond donors (Lipinski definition) is 3. The Labute approximate surface area is 59.7 Å². The zero-order valence-corrected chi connectivity index (χ0v) is 5.67. The second kappa shape index (κ2) is 4.58. The fourth-order valence-electron chi connectivity index (χ4n) is 0.474. The van der Waals surface area contributed by atoms with Crippen LogP contribution in [0.4, 0.5) is 0 Å². The summed E-state index contributed by atoms with van der Waals surface area (Å²) in [5.41, 5.74) is 10.2. The Kier molecular flexibility index (Phi) is 4.00. The SMILES string of the molecule is N#CN(CCCN)C(=N)N. The number of nitrogens with zero attached hydrogens (tertiary/aromatic N) is 2. The molecule has 5 heteroatoms. The smallest absolute Gasteiger partial charge is 0.201 e. The summed E-state index contributed by atoms with van der Waals surface area (Å²) in [6, 6.07) is 0. The Morgan fingerprint density at radius 3 is 2.60 bits per heavy atom. The number of nitrogens with one attached hydrogen (secondary N) is 1. The first-order valence-corrected chi connectivity index (χ1v) is 2.93. The highest BCUT2D eigenvalue weighted by atomic mass is 15.2. The van der Waals surface area contributed by atoms with Gasteiger partial charge in [0.2, 0.25) is 5.96 Å². The standard InChI is InChI=1S/C5H11N5/c6-2-1-3-10(4-7)5(8)9/h1-3,6H2,(H3,8,9). The van der Waals surface area contributed by atoms with Crippen LogP contribution in [0.25, 0.3) is 0 Å². The summed E-state index contributed by atoms with van der Waals surface area (Å²) in [6.45, 7) is 0.938. The quantitative estimate of drug-likeness (QED) is 0.203. The van der Waals surface area contributed by atoms with Gasteiger partial charge in [0.25, 0.3) is 0 Å². The van der Waals surface area contributed by atoms with Crippen LogP contribution < -0.4 is 11.5 Å². The lowest BCUT2D eigenvalue weighted by Gasteiger charge is -2.10. The number of guanidine groups is 1. The first-order valence-electron chi connectivity index (χ1n) is 2.93. The minimum absolute atomic E-state index is 0.226. The molecule has 0 aliphatic rings. The maximum atomic E-state index is 8.34. The average molecular weight is 141 g/mol. The molecular weight excluding hydrogens is 130 g/mol. The van der Waals surface area contributed by atoms with E-state index < -0.39 is 0 Å². The molecule has 0 unspecified atom stereocenters. The fourth-order valence-corrected chi connectivity index (χ4v) is 0.474. The highest BCUT2D eigenvalue weighted by molar-refractivity contribution is 5.76. The number of rotatable bonds is 3. The highest BCUT2D eigenvalue weighted by Gasteiger charge is 2.01. The summed E-state index contributed by atoms with van der Waals surface area (Å²) in [7, 11) is 0. The zero-order chi connectivity index (χ0) is 7.98. The van der Waals surface area contributed by atoms with Gasteiger partial charge in [0.1, 0.15) is 0 Å². The van der Waals surface area contributed by atoms with Crippen LogP contribution in [0.3, 0.4) is 0 Å². The number of hydrogen-bond acceptors (Lipinski definition) is 3. The van der Waals surface area contributed by atoms with Gasteiger partial charge >= 0.3 is 0 Å². The molecule has 0 rings (SSSR count). The van der Waals surface area contributed by atoms with Crippen molar-refractivity contribution in [1.29, 1.82) is 10.7 Å². The molecule has 0 spiro atoms. The maximum Gasteiger partial charge on any atom is 0.201 e. The van der Waals surface area contributed by atoms with E-state index in [-0.39, 0.29) is 5.96 Å². The molecule has 0 radical (unpaired) electrons. The normalized spacial score (nSPS) is 8.40. The molecule has 0 aliphatic carbocycles. The third-order valence-corrected chi connectivity index (χ3v) is 0.997. The molecule has 0 aromatic carbocycles. The largest absolute Gasteiger partial charge is 0.369 e. The summed E-state index contributed by atoms with van der Waals surface area (Å²) in [5, 5.41) is 15.2. The van der Waals surface area contributed by atoms with Crippen LogP contribution in [0.1, 0.15) is 6.42 Å². The summed E-state index contributed by atoms with van der Waals surface area (Å²) in [6.07, 6.45) is 2.44. The van der Waals surface area contributed by atoms with Crippen molar-refractivity contribution in [1.82, 2.24) is 4.90 Å². The molecule has 56 valence electrons. The second-order valence-electron chi connectivity index (χ2n) is 1.78. The highest BCUT2D eigenvalue weighted by Crippen LogP contribution is 1.84. The van der Waals surface area contributed by atoms with Crippen LogP contribution in [0.15, 0.2) is 0 Å². The Morgan fingerprint density at radius 1 is 1.70 bits per heavy atom. The monoisotopic (exact) mass is 141 g/mol. The second-order valence-corrected chi connectivity index (χ2v) is 1.78. The molecule has 0 aromatic rings. The minimum Gasteiger partial charge on any atom is -0.369 e. The lowest BCUT2D eigenvalue weighted by Crippen LogP contribution is -2.33. The average Bonchev–Trinajstić information content (AvgIpc) is 1.89. The van der Waals surface area contributed by atoms with Crippen LogP contribution in [-0.4, -0.2) is 23.9 Å². The van der Waals surface area contributed by atoms with Crippen LogP contribution in [0.2, 0.25) is 0 Å². The molecule has 0 atom stereocenters. The van der Waals surface area contributed by atoms with Gasteiger partial charge in [-0.3, -0.25) is 5.41 Å². The van der Waals surface area contributed by atoms with E-state index >= 15 is 0 Å². The van der Waals surface area contributed by atoms with Gasteiger partial charge in [0, 0.05) is 6.54 Å². The number of nitrogens with two attached hydrogens (primary N) is 2. The van der Waals surface area contributed by atoms with Gasteiger partial charge < -0.3 is 11.5 Å². The van der Waals surface area contributed by atoms with E-state index in [0.29, 0.717) is 19.5 Å². The fraction of sp³-hybridized carbons (Fsp3) is 0.600.